The number of carbonyl (C=O) groups excluding carboxylic acids is 2. The first kappa shape index (κ1) is 18.6. The second-order valence-electron chi connectivity index (χ2n) is 6.08. The second kappa shape index (κ2) is 8.97. The Morgan fingerprint density at radius 2 is 1.84 bits per heavy atom. The summed E-state index contributed by atoms with van der Waals surface area (Å²) >= 11 is 0. The molecule has 0 saturated heterocycles. The van der Waals surface area contributed by atoms with E-state index in [0.29, 0.717) is 36.2 Å². The highest BCUT2D eigenvalue weighted by Gasteiger charge is 2.06. The van der Waals surface area contributed by atoms with Crippen molar-refractivity contribution in [3.05, 3.63) is 59.7 Å². The smallest absolute Gasteiger partial charge is 0.232 e. The van der Waals surface area contributed by atoms with Crippen molar-refractivity contribution in [3.8, 4) is 5.75 Å². The van der Waals surface area contributed by atoms with Crippen LogP contribution in [0.4, 0.5) is 0 Å². The average molecular weight is 340 g/mol. The SMILES string of the molecule is CC(=O)c1ccc(OCCCC(=O)n2ccccc2=NC(C)C)cc1. The Morgan fingerprint density at radius 3 is 2.48 bits per heavy atom. The number of aromatic nitrogens is 1. The van der Waals surface area contributed by atoms with Crippen LogP contribution in [0.3, 0.4) is 0 Å². The molecule has 132 valence electrons. The van der Waals surface area contributed by atoms with E-state index in [1.54, 1.807) is 35.0 Å². The Balaban J connectivity index is 1.88. The third-order valence-electron chi connectivity index (χ3n) is 3.56. The second-order valence-corrected chi connectivity index (χ2v) is 6.08. The zero-order valence-corrected chi connectivity index (χ0v) is 14.9. The van der Waals surface area contributed by atoms with E-state index in [9.17, 15) is 9.59 Å². The molecular formula is C20H24N2O3. The van der Waals surface area contributed by atoms with E-state index >= 15 is 0 Å². The van der Waals surface area contributed by atoms with Gasteiger partial charge in [0.05, 0.1) is 6.61 Å². The Hall–Kier alpha value is -2.69. The van der Waals surface area contributed by atoms with Crippen LogP contribution in [0.25, 0.3) is 0 Å². The molecule has 0 amide bonds. The van der Waals surface area contributed by atoms with Gasteiger partial charge in [-0.2, -0.15) is 0 Å². The molecule has 0 spiro atoms. The number of hydrogen-bond donors (Lipinski definition) is 0. The number of ketones is 1. The van der Waals surface area contributed by atoms with E-state index in [4.69, 9.17) is 4.74 Å². The van der Waals surface area contributed by atoms with Gasteiger partial charge in [0, 0.05) is 24.2 Å². The molecule has 5 heteroatoms. The molecule has 0 atom stereocenters. The maximum atomic E-state index is 12.4. The first-order valence-electron chi connectivity index (χ1n) is 8.46. The Morgan fingerprint density at radius 1 is 1.12 bits per heavy atom. The summed E-state index contributed by atoms with van der Waals surface area (Å²) in [7, 11) is 0. The topological polar surface area (TPSA) is 60.7 Å². The predicted octanol–water partition coefficient (Wildman–Crippen LogP) is 3.50. The summed E-state index contributed by atoms with van der Waals surface area (Å²) in [5, 5.41) is 0. The number of benzene rings is 1. The van der Waals surface area contributed by atoms with Gasteiger partial charge in [-0.05, 0) is 63.6 Å². The largest absolute Gasteiger partial charge is 0.494 e. The molecule has 0 aliphatic heterocycles. The van der Waals surface area contributed by atoms with Gasteiger partial charge in [-0.1, -0.05) is 6.07 Å². The van der Waals surface area contributed by atoms with Crippen molar-refractivity contribution in [2.45, 2.75) is 39.7 Å². The number of Topliss-reactive ketones (excluding diaryl/α,β-unsaturated/α-hetero) is 1. The van der Waals surface area contributed by atoms with Crippen LogP contribution >= 0.6 is 0 Å². The zero-order valence-electron chi connectivity index (χ0n) is 14.9. The maximum Gasteiger partial charge on any atom is 0.232 e. The molecule has 0 N–H and O–H groups in total. The van der Waals surface area contributed by atoms with Crippen LogP contribution in [0.2, 0.25) is 0 Å². The van der Waals surface area contributed by atoms with Gasteiger partial charge >= 0.3 is 0 Å². The minimum Gasteiger partial charge on any atom is -0.494 e. The van der Waals surface area contributed by atoms with Crippen molar-refractivity contribution < 1.29 is 14.3 Å². The number of pyridine rings is 1. The molecular weight excluding hydrogens is 316 g/mol. The van der Waals surface area contributed by atoms with E-state index in [2.05, 4.69) is 4.99 Å². The van der Waals surface area contributed by atoms with E-state index in [-0.39, 0.29) is 17.7 Å². The van der Waals surface area contributed by atoms with Crippen molar-refractivity contribution in [1.29, 1.82) is 0 Å². The minimum atomic E-state index is -0.00414. The molecule has 0 bridgehead atoms. The van der Waals surface area contributed by atoms with Gasteiger partial charge in [0.15, 0.2) is 5.78 Å². The van der Waals surface area contributed by atoms with E-state index in [1.807, 2.05) is 32.0 Å². The molecule has 25 heavy (non-hydrogen) atoms. The third-order valence-corrected chi connectivity index (χ3v) is 3.56. The first-order valence-corrected chi connectivity index (χ1v) is 8.46. The van der Waals surface area contributed by atoms with Gasteiger partial charge in [0.25, 0.3) is 0 Å². The zero-order chi connectivity index (χ0) is 18.2. The lowest BCUT2D eigenvalue weighted by atomic mass is 10.1. The molecule has 0 radical (unpaired) electrons. The molecule has 0 fully saturated rings. The normalized spacial score (nSPS) is 11.6. The molecule has 2 rings (SSSR count). The Labute approximate surface area is 148 Å². The first-order chi connectivity index (χ1) is 12.0. The van der Waals surface area contributed by atoms with Crippen molar-refractivity contribution in [2.24, 2.45) is 4.99 Å². The van der Waals surface area contributed by atoms with Crippen LogP contribution in [-0.4, -0.2) is 28.9 Å². The van der Waals surface area contributed by atoms with Crippen LogP contribution in [0.5, 0.6) is 5.75 Å². The van der Waals surface area contributed by atoms with Gasteiger partial charge in [-0.15, -0.1) is 0 Å². The molecule has 1 aromatic carbocycles. The molecule has 1 aromatic heterocycles. The van der Waals surface area contributed by atoms with E-state index < -0.39 is 0 Å². The number of rotatable bonds is 7. The highest BCUT2D eigenvalue weighted by Crippen LogP contribution is 2.13. The Bertz CT molecular complexity index is 789. The molecule has 0 aliphatic carbocycles. The lowest BCUT2D eigenvalue weighted by Gasteiger charge is -2.08. The summed E-state index contributed by atoms with van der Waals surface area (Å²) in [4.78, 5) is 28.1. The standard InChI is InChI=1S/C20H24N2O3/c1-15(2)21-19-7-4-5-13-22(19)20(24)8-6-14-25-18-11-9-17(10-12-18)16(3)23/h4-5,7,9-13,15H,6,8,14H2,1-3H3. The summed E-state index contributed by atoms with van der Waals surface area (Å²) in [6.07, 6.45) is 2.72. The Kier molecular flexibility index (Phi) is 6.69. The summed E-state index contributed by atoms with van der Waals surface area (Å²) in [6, 6.07) is 12.7. The van der Waals surface area contributed by atoms with Crippen LogP contribution in [-0.2, 0) is 0 Å². The fourth-order valence-corrected chi connectivity index (χ4v) is 2.33. The van der Waals surface area contributed by atoms with Crippen molar-refractivity contribution >= 4 is 11.7 Å². The summed E-state index contributed by atoms with van der Waals surface area (Å²) in [5.74, 6) is 0.718. The van der Waals surface area contributed by atoms with Gasteiger partial charge < -0.3 is 4.74 Å². The van der Waals surface area contributed by atoms with E-state index in [1.165, 1.54) is 6.92 Å². The van der Waals surface area contributed by atoms with Crippen LogP contribution in [0.15, 0.2) is 53.7 Å². The van der Waals surface area contributed by atoms with Crippen molar-refractivity contribution in [1.82, 2.24) is 4.57 Å². The molecule has 1 heterocycles. The monoisotopic (exact) mass is 340 g/mol. The van der Waals surface area contributed by atoms with Gasteiger partial charge in [0.1, 0.15) is 11.2 Å². The van der Waals surface area contributed by atoms with Crippen LogP contribution in [0, 0.1) is 0 Å². The molecule has 0 unspecified atom stereocenters. The average Bonchev–Trinajstić information content (AvgIpc) is 2.59. The third kappa shape index (κ3) is 5.71. The van der Waals surface area contributed by atoms with Gasteiger partial charge in [-0.25, -0.2) is 0 Å². The fourth-order valence-electron chi connectivity index (χ4n) is 2.33. The number of carbonyl (C=O) groups is 2. The van der Waals surface area contributed by atoms with Crippen LogP contribution in [0.1, 0.15) is 48.8 Å². The quantitative estimate of drug-likeness (QED) is 0.572. The highest BCUT2D eigenvalue weighted by atomic mass is 16.5. The number of ether oxygens (including phenoxy) is 1. The minimum absolute atomic E-state index is 0.00414. The fraction of sp³-hybridized carbons (Fsp3) is 0.350. The van der Waals surface area contributed by atoms with Gasteiger partial charge in [-0.3, -0.25) is 19.1 Å². The lowest BCUT2D eigenvalue weighted by Crippen LogP contribution is -2.27. The lowest BCUT2D eigenvalue weighted by molar-refractivity contribution is 0.0886. The molecule has 2 aromatic rings. The molecule has 5 nitrogen and oxygen atoms in total. The van der Waals surface area contributed by atoms with E-state index in [0.717, 1.165) is 0 Å². The molecule has 0 aliphatic rings. The summed E-state index contributed by atoms with van der Waals surface area (Å²) < 4.78 is 7.21. The van der Waals surface area contributed by atoms with Crippen molar-refractivity contribution in [2.75, 3.05) is 6.61 Å². The van der Waals surface area contributed by atoms with Crippen molar-refractivity contribution in [3.63, 3.8) is 0 Å². The maximum absolute atomic E-state index is 12.4. The van der Waals surface area contributed by atoms with Crippen LogP contribution < -0.4 is 10.2 Å². The number of nitrogens with zero attached hydrogens (tertiary/aromatic N) is 2. The summed E-state index contributed by atoms with van der Waals surface area (Å²) in [6.45, 7) is 5.93. The predicted molar refractivity (Wildman–Crippen MR) is 96.9 cm³/mol. The summed E-state index contributed by atoms with van der Waals surface area (Å²) in [5.41, 5.74) is 1.33. The van der Waals surface area contributed by atoms with Gasteiger partial charge in [0.2, 0.25) is 5.91 Å². The number of hydrogen-bond acceptors (Lipinski definition) is 4. The molecule has 0 saturated carbocycles. The highest BCUT2D eigenvalue weighted by molar-refractivity contribution is 5.94.